The zero-order valence-corrected chi connectivity index (χ0v) is 51.9. The predicted molar refractivity (Wildman–Crippen MR) is 334 cm³/mol. The molecule has 0 spiro atoms. The second-order valence-electron chi connectivity index (χ2n) is 21.2. The Labute approximate surface area is 489 Å². The molecule has 3 unspecified atom stereocenters. The van der Waals surface area contributed by atoms with Crippen molar-refractivity contribution in [2.45, 2.75) is 290 Å². The van der Waals surface area contributed by atoms with Crippen molar-refractivity contribution in [3.05, 3.63) is 97.2 Å². The number of carbonyl (C=O) groups excluding carboxylic acids is 3. The minimum Gasteiger partial charge on any atom is -0.462 e. The van der Waals surface area contributed by atoms with Crippen LogP contribution in [0, 0.1) is 0 Å². The molecule has 0 amide bonds. The quantitative estimate of drug-likeness (QED) is 0.0197. The molecule has 0 fully saturated rings. The van der Waals surface area contributed by atoms with Gasteiger partial charge in [-0.1, -0.05) is 234 Å². The molecular weight excluding hydrogens is 1020 g/mol. The van der Waals surface area contributed by atoms with Crippen molar-refractivity contribution in [2.75, 3.05) is 26.4 Å². The molecule has 0 saturated heterocycles. The first kappa shape index (κ1) is 76.4. The van der Waals surface area contributed by atoms with Crippen LogP contribution in [0.5, 0.6) is 0 Å². The van der Waals surface area contributed by atoms with Crippen LogP contribution >= 0.6 is 7.82 Å². The number of esters is 3. The third-order valence-corrected chi connectivity index (χ3v) is 14.4. The molecule has 12 heteroatoms. The fraction of sp³-hybridized carbons (Fsp3) is 0.721. The fourth-order valence-electron chi connectivity index (χ4n) is 8.58. The van der Waals surface area contributed by atoms with Gasteiger partial charge in [0.15, 0.2) is 6.10 Å². The van der Waals surface area contributed by atoms with Crippen LogP contribution in [0.3, 0.4) is 0 Å². The summed E-state index contributed by atoms with van der Waals surface area (Å²) in [5.41, 5.74) is 0. The number of allylic oxidation sites excluding steroid dienone is 16. The van der Waals surface area contributed by atoms with Crippen LogP contribution in [0.25, 0.3) is 0 Å². The molecule has 2 N–H and O–H groups in total. The van der Waals surface area contributed by atoms with Gasteiger partial charge in [0, 0.05) is 19.3 Å². The van der Waals surface area contributed by atoms with Gasteiger partial charge in [-0.25, -0.2) is 4.57 Å². The summed E-state index contributed by atoms with van der Waals surface area (Å²) < 4.78 is 39.7. The molecule has 0 aromatic carbocycles. The van der Waals surface area contributed by atoms with E-state index < -0.39 is 57.8 Å². The van der Waals surface area contributed by atoms with Crippen LogP contribution in [0.1, 0.15) is 278 Å². The van der Waals surface area contributed by atoms with E-state index in [9.17, 15) is 28.9 Å². The summed E-state index contributed by atoms with van der Waals surface area (Å²) in [4.78, 5) is 48.8. The molecule has 3 atom stereocenters. The number of carbonyl (C=O) groups is 3. The number of hydrogen-bond acceptors (Lipinski definition) is 10. The lowest BCUT2D eigenvalue weighted by molar-refractivity contribution is -0.161. The number of unbranched alkanes of at least 4 members (excludes halogenated alkanes) is 26. The Hall–Kier alpha value is -3.60. The summed E-state index contributed by atoms with van der Waals surface area (Å²) in [6, 6.07) is 0. The van der Waals surface area contributed by atoms with Crippen molar-refractivity contribution in [3.63, 3.8) is 0 Å². The lowest BCUT2D eigenvalue weighted by Crippen LogP contribution is -2.30. The van der Waals surface area contributed by atoms with Crippen molar-refractivity contribution in [2.24, 2.45) is 0 Å². The van der Waals surface area contributed by atoms with Crippen molar-refractivity contribution in [1.29, 1.82) is 0 Å². The van der Waals surface area contributed by atoms with Gasteiger partial charge in [0.25, 0.3) is 0 Å². The number of phosphoric acid groups is 1. The third kappa shape index (κ3) is 59.0. The average molecular weight is 1140 g/mol. The zero-order chi connectivity index (χ0) is 58.3. The molecule has 80 heavy (non-hydrogen) atoms. The molecule has 0 aromatic rings. The highest BCUT2D eigenvalue weighted by Crippen LogP contribution is 2.43. The Morgan fingerprint density at radius 1 is 0.362 bits per heavy atom. The van der Waals surface area contributed by atoms with E-state index >= 15 is 0 Å². The Kier molecular flexibility index (Phi) is 58.7. The van der Waals surface area contributed by atoms with E-state index in [0.29, 0.717) is 19.3 Å². The van der Waals surface area contributed by atoms with E-state index in [4.69, 9.17) is 23.3 Å². The smallest absolute Gasteiger partial charge is 0.462 e. The lowest BCUT2D eigenvalue weighted by Gasteiger charge is -2.21. The molecule has 0 rings (SSSR count). The topological polar surface area (TPSA) is 155 Å². The van der Waals surface area contributed by atoms with E-state index in [1.807, 2.05) is 0 Å². The summed E-state index contributed by atoms with van der Waals surface area (Å²) in [6.45, 7) is 4.48. The van der Waals surface area contributed by atoms with Crippen molar-refractivity contribution >= 4 is 25.7 Å². The highest BCUT2D eigenvalue weighted by atomic mass is 31.2. The summed E-state index contributed by atoms with van der Waals surface area (Å²) >= 11 is 0. The lowest BCUT2D eigenvalue weighted by atomic mass is 10.1. The normalized spacial score (nSPS) is 13.9. The molecule has 0 aliphatic carbocycles. The molecule has 11 nitrogen and oxygen atoms in total. The van der Waals surface area contributed by atoms with Crippen LogP contribution in [0.2, 0.25) is 0 Å². The minimum absolute atomic E-state index is 0.145. The number of phosphoric ester groups is 1. The van der Waals surface area contributed by atoms with E-state index in [1.54, 1.807) is 0 Å². The molecule has 0 aliphatic rings. The predicted octanol–water partition coefficient (Wildman–Crippen LogP) is 19.6. The van der Waals surface area contributed by atoms with Crippen molar-refractivity contribution in [1.82, 2.24) is 0 Å². The first-order valence-electron chi connectivity index (χ1n) is 32.1. The van der Waals surface area contributed by atoms with Crippen LogP contribution in [-0.4, -0.2) is 66.5 Å². The number of aliphatic hydroxyl groups excluding tert-OH is 1. The molecule has 460 valence electrons. The Morgan fingerprint density at radius 2 is 0.650 bits per heavy atom. The van der Waals surface area contributed by atoms with E-state index in [-0.39, 0.29) is 25.9 Å². The largest absolute Gasteiger partial charge is 0.472 e. The highest BCUT2D eigenvalue weighted by molar-refractivity contribution is 7.47. The molecule has 0 bridgehead atoms. The summed E-state index contributed by atoms with van der Waals surface area (Å²) in [7, 11) is -4.77. The Bertz CT molecular complexity index is 1710. The molecular formula is C68H117O11P. The Morgan fingerprint density at radius 3 is 1.04 bits per heavy atom. The van der Waals surface area contributed by atoms with Gasteiger partial charge in [0.1, 0.15) is 12.7 Å². The van der Waals surface area contributed by atoms with Gasteiger partial charge < -0.3 is 24.2 Å². The summed E-state index contributed by atoms with van der Waals surface area (Å²) in [6.07, 6.45) is 73.5. The van der Waals surface area contributed by atoms with Gasteiger partial charge in [-0.05, 0) is 122 Å². The van der Waals surface area contributed by atoms with E-state index in [2.05, 4.69) is 118 Å². The van der Waals surface area contributed by atoms with Gasteiger partial charge in [-0.3, -0.25) is 23.4 Å². The zero-order valence-electron chi connectivity index (χ0n) is 51.0. The summed E-state index contributed by atoms with van der Waals surface area (Å²) in [5.74, 6) is -1.50. The fourth-order valence-corrected chi connectivity index (χ4v) is 9.37. The third-order valence-electron chi connectivity index (χ3n) is 13.5. The summed E-state index contributed by atoms with van der Waals surface area (Å²) in [5, 5.41) is 9.86. The van der Waals surface area contributed by atoms with Gasteiger partial charge in [-0.2, -0.15) is 0 Å². The van der Waals surface area contributed by atoms with Gasteiger partial charge in [-0.15, -0.1) is 0 Å². The second kappa shape index (κ2) is 61.5. The van der Waals surface area contributed by atoms with Crippen LogP contribution in [0.4, 0.5) is 0 Å². The standard InChI is InChI=1S/C68H117O11P/c1-4-7-10-13-16-19-22-25-28-30-32-34-37-40-43-46-49-52-55-58-67(71)78-64(60-69)62-76-80(73,74)77-63-65(61-75-66(70)57-54-51-48-45-42-39-36-27-24-21-18-15-12-9-6-3)79-68(72)59-56-53-50-47-44-41-38-35-33-31-29-26-23-20-17-14-11-8-5-2/h8,11,16-17,19-20,25-29,32-36,64-65,69H,4-7,9-10,12-15,18,21-24,30-31,37-63H2,1-3H3,(H,73,74)/b11-8-,19-16-,20-17-,28-25-,29-26-,34-32-,35-33-,36-27-. The Balaban J connectivity index is 4.73. The average Bonchev–Trinajstić information content (AvgIpc) is 3.45. The number of hydrogen-bond donors (Lipinski definition) is 2. The molecule has 0 saturated carbocycles. The van der Waals surface area contributed by atoms with Gasteiger partial charge in [0.05, 0.1) is 19.8 Å². The molecule has 0 radical (unpaired) electrons. The van der Waals surface area contributed by atoms with Crippen LogP contribution < -0.4 is 0 Å². The maximum atomic E-state index is 13.0. The maximum absolute atomic E-state index is 13.0. The minimum atomic E-state index is -4.77. The monoisotopic (exact) mass is 1140 g/mol. The SMILES string of the molecule is CC/C=C\C/C=C\C/C=C\C/C=C\CCCCCCCCC(=O)OC(COC(=O)CCCCCCC/C=C\CCCCCCCC)COP(=O)(O)OCC(CO)OC(=O)CCCCCCCC/C=C\C/C=C\C/C=C\CCCCC. The number of ether oxygens (including phenoxy) is 3. The first-order valence-corrected chi connectivity index (χ1v) is 33.6. The highest BCUT2D eigenvalue weighted by Gasteiger charge is 2.28. The van der Waals surface area contributed by atoms with Crippen LogP contribution in [-0.2, 0) is 42.2 Å². The molecule has 0 aromatic heterocycles. The van der Waals surface area contributed by atoms with Crippen molar-refractivity contribution in [3.8, 4) is 0 Å². The van der Waals surface area contributed by atoms with Crippen molar-refractivity contribution < 1.29 is 52.2 Å². The second-order valence-corrected chi connectivity index (χ2v) is 22.6. The van der Waals surface area contributed by atoms with E-state index in [0.717, 1.165) is 154 Å². The number of aliphatic hydroxyl groups is 1. The van der Waals surface area contributed by atoms with Crippen LogP contribution in [0.15, 0.2) is 97.2 Å². The number of rotatable bonds is 59. The first-order chi connectivity index (χ1) is 39.2. The molecule has 0 heterocycles. The van der Waals surface area contributed by atoms with Gasteiger partial charge in [0.2, 0.25) is 0 Å². The molecule has 0 aliphatic heterocycles. The van der Waals surface area contributed by atoms with E-state index in [1.165, 1.54) is 64.2 Å². The van der Waals surface area contributed by atoms with Gasteiger partial charge >= 0.3 is 25.7 Å². The maximum Gasteiger partial charge on any atom is 0.472 e.